The Balaban J connectivity index is 2.48. The van der Waals surface area contributed by atoms with Gasteiger partial charge in [-0.1, -0.05) is 28.1 Å². The van der Waals surface area contributed by atoms with Crippen LogP contribution in [-0.4, -0.2) is 24.5 Å². The Morgan fingerprint density at radius 3 is 2.45 bits per heavy atom. The van der Waals surface area contributed by atoms with Gasteiger partial charge in [0, 0.05) is 12.7 Å². The number of anilines is 1. The van der Waals surface area contributed by atoms with Gasteiger partial charge in [-0.25, -0.2) is 0 Å². The minimum Gasteiger partial charge on any atom is -0.459 e. The van der Waals surface area contributed by atoms with Gasteiger partial charge in [0.2, 0.25) is 5.91 Å². The number of esters is 1. The molecular weight excluding hydrogens is 346 g/mol. The monoisotopic (exact) mass is 367 g/mol. The second kappa shape index (κ2) is 5.37. The van der Waals surface area contributed by atoms with Gasteiger partial charge in [0.15, 0.2) is 0 Å². The van der Waals surface area contributed by atoms with Crippen molar-refractivity contribution in [3.63, 3.8) is 0 Å². The smallest absolute Gasteiger partial charge is 0.324 e. The fourth-order valence-corrected chi connectivity index (χ4v) is 3.32. The van der Waals surface area contributed by atoms with E-state index in [1.807, 2.05) is 52.8 Å². The summed E-state index contributed by atoms with van der Waals surface area (Å²) < 4.78 is 5.45. The molecule has 0 fully saturated rings. The molecule has 5 heteroatoms. The number of nitrogens with zero attached hydrogens (tertiary/aromatic N) is 1. The molecule has 1 aromatic carbocycles. The number of likely N-dealkylation sites (N-methyl/N-ethyl adjacent to an activating group) is 1. The normalized spacial score (nSPS) is 18.1. The second-order valence-corrected chi connectivity index (χ2v) is 8.04. The predicted octanol–water partition coefficient (Wildman–Crippen LogP) is 3.72. The molecule has 0 saturated carbocycles. The molecule has 22 heavy (non-hydrogen) atoms. The molecule has 0 N–H and O–H groups in total. The molecule has 1 aromatic rings. The fraction of sp³-hybridized carbons (Fsp3) is 0.529. The van der Waals surface area contributed by atoms with Crippen molar-refractivity contribution in [2.45, 2.75) is 50.5 Å². The molecule has 1 aliphatic heterocycles. The van der Waals surface area contributed by atoms with Gasteiger partial charge < -0.3 is 9.64 Å². The third-order valence-electron chi connectivity index (χ3n) is 3.79. The Bertz CT molecular complexity index is 631. The lowest BCUT2D eigenvalue weighted by molar-refractivity contribution is -0.154. The zero-order valence-electron chi connectivity index (χ0n) is 13.9. The van der Waals surface area contributed by atoms with E-state index in [1.165, 1.54) is 0 Å². The second-order valence-electron chi connectivity index (χ2n) is 7.13. The number of hydrogen-bond acceptors (Lipinski definition) is 3. The molecule has 4 nitrogen and oxygen atoms in total. The van der Waals surface area contributed by atoms with Gasteiger partial charge in [0.05, 0.1) is 5.41 Å². The Labute approximate surface area is 140 Å². The molecule has 1 heterocycles. The van der Waals surface area contributed by atoms with Gasteiger partial charge in [0.1, 0.15) is 10.4 Å². The van der Waals surface area contributed by atoms with Gasteiger partial charge in [0.25, 0.3) is 0 Å². The van der Waals surface area contributed by atoms with Crippen molar-refractivity contribution < 1.29 is 14.3 Å². The standard InChI is InChI=1S/C17H22BrNO3/c1-16(2,3)22-14(20)13(18)10-8-7-9-11-12(10)17(4,5)15(21)19(11)6/h7-9,13H,1-6H3. The minimum absolute atomic E-state index is 0.0267. The van der Waals surface area contributed by atoms with Crippen molar-refractivity contribution in [1.82, 2.24) is 0 Å². The molecule has 0 aromatic heterocycles. The summed E-state index contributed by atoms with van der Waals surface area (Å²) in [6.45, 7) is 9.27. The van der Waals surface area contributed by atoms with Crippen LogP contribution in [0.1, 0.15) is 50.6 Å². The molecule has 0 radical (unpaired) electrons. The summed E-state index contributed by atoms with van der Waals surface area (Å²) in [7, 11) is 1.76. The van der Waals surface area contributed by atoms with Crippen molar-refractivity contribution in [3.8, 4) is 0 Å². The number of amides is 1. The third kappa shape index (κ3) is 2.78. The van der Waals surface area contributed by atoms with E-state index in [0.29, 0.717) is 0 Å². The maximum Gasteiger partial charge on any atom is 0.324 e. The van der Waals surface area contributed by atoms with Crippen LogP contribution < -0.4 is 4.90 Å². The van der Waals surface area contributed by atoms with Gasteiger partial charge >= 0.3 is 5.97 Å². The van der Waals surface area contributed by atoms with Crippen LogP contribution in [-0.2, 0) is 19.7 Å². The van der Waals surface area contributed by atoms with Gasteiger partial charge in [-0.3, -0.25) is 9.59 Å². The molecule has 1 amide bonds. The average molecular weight is 368 g/mol. The maximum atomic E-state index is 12.5. The molecule has 1 atom stereocenters. The van der Waals surface area contributed by atoms with E-state index in [4.69, 9.17) is 4.74 Å². The van der Waals surface area contributed by atoms with Crippen LogP contribution >= 0.6 is 15.9 Å². The van der Waals surface area contributed by atoms with E-state index in [0.717, 1.165) is 16.8 Å². The summed E-state index contributed by atoms with van der Waals surface area (Å²) in [6.07, 6.45) is 0. The van der Waals surface area contributed by atoms with Crippen LogP contribution in [0.3, 0.4) is 0 Å². The lowest BCUT2D eigenvalue weighted by atomic mass is 9.82. The van der Waals surface area contributed by atoms with Crippen LogP contribution in [0.2, 0.25) is 0 Å². The Hall–Kier alpha value is -1.36. The van der Waals surface area contributed by atoms with Crippen LogP contribution in [0.4, 0.5) is 5.69 Å². The number of carbonyl (C=O) groups is 2. The largest absolute Gasteiger partial charge is 0.459 e. The molecule has 1 aliphatic rings. The Morgan fingerprint density at radius 1 is 1.32 bits per heavy atom. The van der Waals surface area contributed by atoms with Crippen LogP contribution in [0.5, 0.6) is 0 Å². The van der Waals surface area contributed by atoms with E-state index in [2.05, 4.69) is 15.9 Å². The first-order chi connectivity index (χ1) is 9.97. The van der Waals surface area contributed by atoms with Crippen molar-refractivity contribution in [2.24, 2.45) is 0 Å². The number of alkyl halides is 1. The van der Waals surface area contributed by atoms with E-state index >= 15 is 0 Å². The predicted molar refractivity (Wildman–Crippen MR) is 90.4 cm³/mol. The lowest BCUT2D eigenvalue weighted by Gasteiger charge is -2.24. The van der Waals surface area contributed by atoms with Crippen molar-refractivity contribution in [2.75, 3.05) is 11.9 Å². The molecule has 2 rings (SSSR count). The molecular formula is C17H22BrNO3. The quantitative estimate of drug-likeness (QED) is 0.591. The first-order valence-electron chi connectivity index (χ1n) is 7.25. The molecule has 120 valence electrons. The first-order valence-corrected chi connectivity index (χ1v) is 8.17. The first kappa shape index (κ1) is 17.0. The zero-order valence-corrected chi connectivity index (χ0v) is 15.4. The molecule has 0 bridgehead atoms. The van der Waals surface area contributed by atoms with E-state index in [-0.39, 0.29) is 11.9 Å². The van der Waals surface area contributed by atoms with Crippen molar-refractivity contribution >= 4 is 33.5 Å². The van der Waals surface area contributed by atoms with E-state index in [1.54, 1.807) is 11.9 Å². The fourth-order valence-electron chi connectivity index (χ4n) is 2.85. The highest BCUT2D eigenvalue weighted by atomic mass is 79.9. The number of benzene rings is 1. The number of fused-ring (bicyclic) bond motifs is 1. The molecule has 0 saturated heterocycles. The number of rotatable bonds is 2. The number of hydrogen-bond donors (Lipinski definition) is 0. The molecule has 0 spiro atoms. The summed E-state index contributed by atoms with van der Waals surface area (Å²) in [4.78, 5) is 25.9. The van der Waals surface area contributed by atoms with Crippen LogP contribution in [0.25, 0.3) is 0 Å². The third-order valence-corrected chi connectivity index (χ3v) is 4.65. The van der Waals surface area contributed by atoms with Crippen molar-refractivity contribution in [3.05, 3.63) is 29.3 Å². The summed E-state index contributed by atoms with van der Waals surface area (Å²) in [5, 5.41) is 0. The number of halogens is 1. The molecule has 1 unspecified atom stereocenters. The van der Waals surface area contributed by atoms with Gasteiger partial charge in [-0.2, -0.15) is 0 Å². The highest BCUT2D eigenvalue weighted by Crippen LogP contribution is 2.46. The zero-order chi connectivity index (χ0) is 16.9. The van der Waals surface area contributed by atoms with Crippen LogP contribution in [0, 0.1) is 0 Å². The Kier molecular flexibility index (Phi) is 4.15. The summed E-state index contributed by atoms with van der Waals surface area (Å²) in [5.74, 6) is -0.322. The topological polar surface area (TPSA) is 46.6 Å². The highest BCUT2D eigenvalue weighted by molar-refractivity contribution is 9.09. The molecule has 0 aliphatic carbocycles. The van der Waals surface area contributed by atoms with Crippen LogP contribution in [0.15, 0.2) is 18.2 Å². The highest BCUT2D eigenvalue weighted by Gasteiger charge is 2.45. The van der Waals surface area contributed by atoms with Gasteiger partial charge in [-0.05, 0) is 51.8 Å². The number of carbonyl (C=O) groups excluding carboxylic acids is 2. The van der Waals surface area contributed by atoms with E-state index in [9.17, 15) is 9.59 Å². The van der Waals surface area contributed by atoms with E-state index < -0.39 is 15.8 Å². The summed E-state index contributed by atoms with van der Waals surface area (Å²) >= 11 is 3.44. The lowest BCUT2D eigenvalue weighted by Crippen LogP contribution is -2.34. The van der Waals surface area contributed by atoms with Gasteiger partial charge in [-0.15, -0.1) is 0 Å². The SMILES string of the molecule is CN1C(=O)C(C)(C)c2c(C(Br)C(=O)OC(C)(C)C)cccc21. The maximum absolute atomic E-state index is 12.5. The Morgan fingerprint density at radius 2 is 1.91 bits per heavy atom. The summed E-state index contributed by atoms with van der Waals surface area (Å²) in [5.41, 5.74) is 1.31. The minimum atomic E-state index is -0.658. The van der Waals surface area contributed by atoms with Crippen molar-refractivity contribution in [1.29, 1.82) is 0 Å². The summed E-state index contributed by atoms with van der Waals surface area (Å²) in [6, 6.07) is 5.63. The average Bonchev–Trinajstić information content (AvgIpc) is 2.58. The number of ether oxygens (including phenoxy) is 1.